The molecule has 116 valence electrons. The first-order valence-electron chi connectivity index (χ1n) is 6.04. The van der Waals surface area contributed by atoms with Gasteiger partial charge in [0.15, 0.2) is 5.13 Å². The van der Waals surface area contributed by atoms with Crippen LogP contribution in [0.5, 0.6) is 0 Å². The number of carbonyl (C=O) groups is 2. The number of aromatic nitrogens is 1. The van der Waals surface area contributed by atoms with E-state index in [1.54, 1.807) is 21.0 Å². The van der Waals surface area contributed by atoms with Gasteiger partial charge in [-0.05, 0) is 6.92 Å². The monoisotopic (exact) mass is 335 g/mol. The highest BCUT2D eigenvalue weighted by Crippen LogP contribution is 2.31. The first-order valence-corrected chi connectivity index (χ1v) is 8.30. The minimum Gasteiger partial charge on any atom is -0.344 e. The van der Waals surface area contributed by atoms with Gasteiger partial charge in [-0.3, -0.25) is 14.5 Å². The second kappa shape index (κ2) is 5.34. The summed E-state index contributed by atoms with van der Waals surface area (Å²) in [5, 5.41) is -1.16. The molecule has 10 heteroatoms. The number of nitrogens with zero attached hydrogens (tertiary/aromatic N) is 3. The number of hydrogen-bond donors (Lipinski definition) is 0. The van der Waals surface area contributed by atoms with Crippen molar-refractivity contribution < 1.29 is 21.9 Å². The van der Waals surface area contributed by atoms with Gasteiger partial charge in [0.1, 0.15) is 10.1 Å². The van der Waals surface area contributed by atoms with Gasteiger partial charge in [-0.25, -0.2) is 4.98 Å². The Labute approximate surface area is 125 Å². The third-order valence-electron chi connectivity index (χ3n) is 3.10. The molecule has 21 heavy (non-hydrogen) atoms. The molecule has 2 rings (SSSR count). The van der Waals surface area contributed by atoms with Crippen molar-refractivity contribution in [2.24, 2.45) is 0 Å². The molecule has 1 aliphatic heterocycles. The number of carbonyl (C=O) groups excluding carboxylic acids is 2. The number of hydrogen-bond acceptors (Lipinski definition) is 6. The van der Waals surface area contributed by atoms with E-state index in [-0.39, 0.29) is 17.6 Å². The topological polar surface area (TPSA) is 87.6 Å². The van der Waals surface area contributed by atoms with Gasteiger partial charge in [-0.1, -0.05) is 11.3 Å². The molecule has 0 bridgehead atoms. The molecule has 1 aromatic rings. The lowest BCUT2D eigenvalue weighted by Crippen LogP contribution is -2.26. The Morgan fingerprint density at radius 3 is 2.57 bits per heavy atom. The largest absolute Gasteiger partial charge is 0.344 e. The first-order chi connectivity index (χ1) is 9.61. The molecule has 2 heterocycles. The van der Waals surface area contributed by atoms with E-state index >= 15 is 0 Å². The Morgan fingerprint density at radius 2 is 2.10 bits per heavy atom. The normalized spacial score (nSPS) is 19.1. The number of halogens is 1. The van der Waals surface area contributed by atoms with E-state index in [9.17, 15) is 21.9 Å². The van der Waals surface area contributed by atoms with Crippen LogP contribution in [0, 0.1) is 6.92 Å². The lowest BCUT2D eigenvalue weighted by atomic mass is 10.3. The molecule has 0 aliphatic carbocycles. The molecule has 7 nitrogen and oxygen atoms in total. The Kier molecular flexibility index (Phi) is 4.02. The second-order valence-electron chi connectivity index (χ2n) is 4.92. The Hall–Kier alpha value is -1.55. The molecule has 1 unspecified atom stereocenters. The van der Waals surface area contributed by atoms with Crippen molar-refractivity contribution in [3.8, 4) is 0 Å². The van der Waals surface area contributed by atoms with Crippen LogP contribution in [0.2, 0.25) is 0 Å². The third-order valence-corrected chi connectivity index (χ3v) is 5.38. The summed E-state index contributed by atoms with van der Waals surface area (Å²) in [5.74, 6) is -0.767. The smallest absolute Gasteiger partial charge is 0.307 e. The molecule has 0 aromatic carbocycles. The Balaban J connectivity index is 2.30. The molecule has 1 atom stereocenters. The second-order valence-corrected chi connectivity index (χ2v) is 7.51. The Bertz CT molecular complexity index is 698. The highest BCUT2D eigenvalue weighted by Gasteiger charge is 2.40. The fourth-order valence-corrected chi connectivity index (χ4v) is 3.73. The van der Waals surface area contributed by atoms with Crippen molar-refractivity contribution in [1.82, 2.24) is 9.88 Å². The van der Waals surface area contributed by atoms with Crippen LogP contribution in [0.15, 0.2) is 0 Å². The van der Waals surface area contributed by atoms with Gasteiger partial charge in [0.05, 0.1) is 5.69 Å². The number of aryl methyl sites for hydroxylation is 1. The summed E-state index contributed by atoms with van der Waals surface area (Å²) in [6, 6.07) is 0. The van der Waals surface area contributed by atoms with Gasteiger partial charge >= 0.3 is 10.2 Å². The predicted molar refractivity (Wildman–Crippen MR) is 75.7 cm³/mol. The number of rotatable bonds is 3. The molecule has 1 aromatic heterocycles. The molecule has 1 fully saturated rings. The van der Waals surface area contributed by atoms with Gasteiger partial charge in [-0.15, -0.1) is 3.89 Å². The van der Waals surface area contributed by atoms with Crippen molar-refractivity contribution in [3.05, 3.63) is 10.6 Å². The van der Waals surface area contributed by atoms with Crippen LogP contribution < -0.4 is 4.90 Å². The van der Waals surface area contributed by atoms with Crippen LogP contribution in [0.25, 0.3) is 0 Å². The van der Waals surface area contributed by atoms with E-state index in [0.717, 1.165) is 16.2 Å². The molecule has 0 saturated carbocycles. The van der Waals surface area contributed by atoms with E-state index in [1.165, 1.54) is 4.90 Å². The molecule has 0 N–H and O–H groups in total. The van der Waals surface area contributed by atoms with Crippen LogP contribution in [-0.2, 0) is 15.0 Å². The lowest BCUT2D eigenvalue weighted by molar-refractivity contribution is -0.117. The predicted octanol–water partition coefficient (Wildman–Crippen LogP) is 0.558. The third kappa shape index (κ3) is 3.05. The maximum atomic E-state index is 13.0. The van der Waals surface area contributed by atoms with Gasteiger partial charge in [0, 0.05) is 27.1 Å². The van der Waals surface area contributed by atoms with Crippen LogP contribution in [0.4, 0.5) is 9.02 Å². The summed E-state index contributed by atoms with van der Waals surface area (Å²) in [7, 11) is -1.59. The molecule has 1 aliphatic rings. The van der Waals surface area contributed by atoms with Crippen molar-refractivity contribution >= 4 is 38.5 Å². The molecule has 0 radical (unpaired) electrons. The van der Waals surface area contributed by atoms with Crippen LogP contribution in [0.3, 0.4) is 0 Å². The van der Waals surface area contributed by atoms with Crippen molar-refractivity contribution in [2.75, 3.05) is 25.5 Å². The van der Waals surface area contributed by atoms with Crippen molar-refractivity contribution in [3.63, 3.8) is 0 Å². The molecular formula is C11H14FN3O4S2. The zero-order chi connectivity index (χ0) is 15.9. The minimum atomic E-state index is -4.77. The summed E-state index contributed by atoms with van der Waals surface area (Å²) in [5.41, 5.74) is 0.452. The van der Waals surface area contributed by atoms with Gasteiger partial charge < -0.3 is 4.90 Å². The average molecular weight is 335 g/mol. The minimum absolute atomic E-state index is 0.217. The first kappa shape index (κ1) is 15.8. The Morgan fingerprint density at radius 1 is 1.48 bits per heavy atom. The van der Waals surface area contributed by atoms with E-state index in [0.29, 0.717) is 10.6 Å². The molecule has 1 saturated heterocycles. The van der Waals surface area contributed by atoms with E-state index in [1.807, 2.05) is 0 Å². The van der Waals surface area contributed by atoms with Gasteiger partial charge in [0.2, 0.25) is 5.91 Å². The van der Waals surface area contributed by atoms with Gasteiger partial charge in [-0.2, -0.15) is 8.42 Å². The number of amides is 2. The quantitative estimate of drug-likeness (QED) is 0.753. The highest BCUT2D eigenvalue weighted by atomic mass is 32.3. The summed E-state index contributed by atoms with van der Waals surface area (Å²) in [4.78, 5) is 30.7. The van der Waals surface area contributed by atoms with Crippen molar-refractivity contribution in [2.45, 2.75) is 18.6 Å². The number of anilines is 1. The zero-order valence-electron chi connectivity index (χ0n) is 11.7. The van der Waals surface area contributed by atoms with Crippen LogP contribution >= 0.6 is 11.3 Å². The standard InChI is InChI=1S/C11H14FN3O4S2/c1-6-9(10(17)14(2)3)20-11(13-6)15-5-7(4-8(15)16)21(12,18)19/h7H,4-5H2,1-3H3. The molecule has 2 amide bonds. The summed E-state index contributed by atoms with van der Waals surface area (Å²) in [6.07, 6.45) is -0.408. The van der Waals surface area contributed by atoms with Crippen LogP contribution in [0.1, 0.15) is 21.8 Å². The summed E-state index contributed by atoms with van der Waals surface area (Å²) >= 11 is 0.995. The molecular weight excluding hydrogens is 321 g/mol. The van der Waals surface area contributed by atoms with Crippen LogP contribution in [-0.4, -0.2) is 56.0 Å². The fraction of sp³-hybridized carbons (Fsp3) is 0.545. The maximum absolute atomic E-state index is 13.0. The molecule has 0 spiro atoms. The van der Waals surface area contributed by atoms with E-state index in [2.05, 4.69) is 4.98 Å². The van der Waals surface area contributed by atoms with E-state index in [4.69, 9.17) is 0 Å². The van der Waals surface area contributed by atoms with Crippen molar-refractivity contribution in [1.29, 1.82) is 0 Å². The summed E-state index contributed by atoms with van der Waals surface area (Å²) in [6.45, 7) is 1.35. The fourth-order valence-electron chi connectivity index (χ4n) is 1.95. The summed E-state index contributed by atoms with van der Waals surface area (Å²) < 4.78 is 34.8. The zero-order valence-corrected chi connectivity index (χ0v) is 13.3. The highest BCUT2D eigenvalue weighted by molar-refractivity contribution is 7.87. The maximum Gasteiger partial charge on any atom is 0.307 e. The van der Waals surface area contributed by atoms with E-state index < -0.39 is 27.8 Å². The average Bonchev–Trinajstić information content (AvgIpc) is 2.91. The lowest BCUT2D eigenvalue weighted by Gasteiger charge is -2.11. The number of thiazole rings is 1. The van der Waals surface area contributed by atoms with Gasteiger partial charge in [0.25, 0.3) is 5.91 Å². The SMILES string of the molecule is Cc1nc(N2CC(S(=O)(=O)F)CC2=O)sc1C(=O)N(C)C.